The van der Waals surface area contributed by atoms with Crippen molar-refractivity contribution in [2.75, 3.05) is 26.7 Å². The molecular weight excluding hydrogens is 320 g/mol. The van der Waals surface area contributed by atoms with E-state index in [0.717, 1.165) is 23.7 Å². The fraction of sp³-hybridized carbons (Fsp3) is 0.632. The van der Waals surface area contributed by atoms with Crippen molar-refractivity contribution >= 4 is 17.7 Å². The van der Waals surface area contributed by atoms with Gasteiger partial charge in [0.25, 0.3) is 0 Å². The second kappa shape index (κ2) is 9.33. The van der Waals surface area contributed by atoms with Crippen molar-refractivity contribution in [1.82, 2.24) is 10.2 Å². The fourth-order valence-corrected chi connectivity index (χ4v) is 3.93. The van der Waals surface area contributed by atoms with Crippen LogP contribution in [-0.4, -0.2) is 48.8 Å². The molecule has 1 aromatic carbocycles. The van der Waals surface area contributed by atoms with Gasteiger partial charge in [0.05, 0.1) is 12.4 Å². The standard InChI is InChI=1S/C19H30N2O2S/c1-14(2)21-11-5-6-16(13-21)12-20-19(22)15(3)24-18-9-7-17(23-4)8-10-18/h7-10,14-16H,5-6,11-13H2,1-4H3,(H,20,22)/t15-,16-/m1/s1. The van der Waals surface area contributed by atoms with Crippen molar-refractivity contribution in [2.45, 2.75) is 49.8 Å². The van der Waals surface area contributed by atoms with Crippen molar-refractivity contribution in [3.05, 3.63) is 24.3 Å². The highest BCUT2D eigenvalue weighted by atomic mass is 32.2. The SMILES string of the molecule is COc1ccc(S[C@H](C)C(=O)NC[C@H]2CCCN(C(C)C)C2)cc1. The Balaban J connectivity index is 1.76. The van der Waals surface area contributed by atoms with Gasteiger partial charge < -0.3 is 15.0 Å². The summed E-state index contributed by atoms with van der Waals surface area (Å²) in [6.07, 6.45) is 2.44. The van der Waals surface area contributed by atoms with Crippen LogP contribution in [0, 0.1) is 5.92 Å². The summed E-state index contributed by atoms with van der Waals surface area (Å²) < 4.78 is 5.16. The van der Waals surface area contributed by atoms with Gasteiger partial charge in [0.1, 0.15) is 5.75 Å². The van der Waals surface area contributed by atoms with Gasteiger partial charge in [-0.3, -0.25) is 4.79 Å². The Labute approximate surface area is 150 Å². The van der Waals surface area contributed by atoms with Crippen LogP contribution in [0.1, 0.15) is 33.6 Å². The minimum absolute atomic E-state index is 0.0943. The van der Waals surface area contributed by atoms with Crippen LogP contribution in [0.5, 0.6) is 5.75 Å². The Morgan fingerprint density at radius 2 is 2.04 bits per heavy atom. The van der Waals surface area contributed by atoms with Gasteiger partial charge in [-0.05, 0) is 70.3 Å². The zero-order chi connectivity index (χ0) is 17.5. The van der Waals surface area contributed by atoms with Crippen LogP contribution in [0.15, 0.2) is 29.2 Å². The molecule has 1 heterocycles. The van der Waals surface area contributed by atoms with Gasteiger partial charge >= 0.3 is 0 Å². The van der Waals surface area contributed by atoms with Gasteiger partial charge in [0.15, 0.2) is 0 Å². The molecule has 24 heavy (non-hydrogen) atoms. The van der Waals surface area contributed by atoms with E-state index in [1.165, 1.54) is 19.4 Å². The fourth-order valence-electron chi connectivity index (χ4n) is 3.03. The summed E-state index contributed by atoms with van der Waals surface area (Å²) in [6, 6.07) is 8.43. The molecule has 1 saturated heterocycles. The summed E-state index contributed by atoms with van der Waals surface area (Å²) in [5.41, 5.74) is 0. The molecule has 4 nitrogen and oxygen atoms in total. The number of carbonyl (C=O) groups is 1. The molecule has 0 bridgehead atoms. The summed E-state index contributed by atoms with van der Waals surface area (Å²) in [5, 5.41) is 3.05. The maximum absolute atomic E-state index is 12.4. The van der Waals surface area contributed by atoms with E-state index in [0.29, 0.717) is 12.0 Å². The molecule has 1 aliphatic rings. The zero-order valence-electron chi connectivity index (χ0n) is 15.2. The predicted octanol–water partition coefficient (Wildman–Crippen LogP) is 3.41. The highest BCUT2D eigenvalue weighted by molar-refractivity contribution is 8.00. The average Bonchev–Trinajstić information content (AvgIpc) is 2.60. The number of nitrogens with zero attached hydrogens (tertiary/aromatic N) is 1. The molecule has 1 amide bonds. The number of piperidine rings is 1. The average molecular weight is 351 g/mol. The van der Waals surface area contributed by atoms with Crippen LogP contribution in [0.25, 0.3) is 0 Å². The van der Waals surface area contributed by atoms with Crippen molar-refractivity contribution in [3.8, 4) is 5.75 Å². The van der Waals surface area contributed by atoms with Gasteiger partial charge in [-0.2, -0.15) is 0 Å². The smallest absolute Gasteiger partial charge is 0.233 e. The lowest BCUT2D eigenvalue weighted by Gasteiger charge is -2.35. The number of nitrogens with one attached hydrogen (secondary N) is 1. The van der Waals surface area contributed by atoms with Crippen LogP contribution in [0.4, 0.5) is 0 Å². The zero-order valence-corrected chi connectivity index (χ0v) is 16.1. The van der Waals surface area contributed by atoms with Crippen LogP contribution in [0.2, 0.25) is 0 Å². The number of benzene rings is 1. The Bertz CT molecular complexity index is 519. The van der Waals surface area contributed by atoms with Crippen molar-refractivity contribution < 1.29 is 9.53 Å². The molecule has 0 aliphatic carbocycles. The van der Waals surface area contributed by atoms with E-state index in [9.17, 15) is 4.79 Å². The first-order valence-corrected chi connectivity index (χ1v) is 9.70. The van der Waals surface area contributed by atoms with Crippen LogP contribution >= 0.6 is 11.8 Å². The van der Waals surface area contributed by atoms with E-state index in [4.69, 9.17) is 4.74 Å². The summed E-state index contributed by atoms with van der Waals surface area (Å²) in [7, 11) is 1.66. The number of thioether (sulfide) groups is 1. The first-order chi connectivity index (χ1) is 11.5. The molecule has 0 aromatic heterocycles. The minimum Gasteiger partial charge on any atom is -0.497 e. The number of likely N-dealkylation sites (tertiary alicyclic amines) is 1. The molecule has 134 valence electrons. The van der Waals surface area contributed by atoms with Crippen LogP contribution < -0.4 is 10.1 Å². The molecule has 0 saturated carbocycles. The number of methoxy groups -OCH3 is 1. The maximum Gasteiger partial charge on any atom is 0.233 e. The Morgan fingerprint density at radius 3 is 2.67 bits per heavy atom. The third-order valence-electron chi connectivity index (χ3n) is 4.59. The van der Waals surface area contributed by atoms with Crippen molar-refractivity contribution in [3.63, 3.8) is 0 Å². The Kier molecular flexibility index (Phi) is 7.43. The van der Waals surface area contributed by atoms with E-state index in [2.05, 4.69) is 24.1 Å². The molecule has 2 rings (SSSR count). The third kappa shape index (κ3) is 5.71. The predicted molar refractivity (Wildman–Crippen MR) is 101 cm³/mol. The second-order valence-corrected chi connectivity index (χ2v) is 8.19. The Hall–Kier alpha value is -1.20. The summed E-state index contributed by atoms with van der Waals surface area (Å²) in [5.74, 6) is 1.53. The summed E-state index contributed by atoms with van der Waals surface area (Å²) in [4.78, 5) is 16.0. The highest BCUT2D eigenvalue weighted by Crippen LogP contribution is 2.25. The van der Waals surface area contributed by atoms with Gasteiger partial charge in [-0.1, -0.05) is 0 Å². The Morgan fingerprint density at radius 1 is 1.33 bits per heavy atom. The molecule has 5 heteroatoms. The molecule has 0 spiro atoms. The molecule has 1 aliphatic heterocycles. The number of rotatable bonds is 7. The molecule has 0 radical (unpaired) electrons. The lowest BCUT2D eigenvalue weighted by atomic mass is 9.97. The van der Waals surface area contributed by atoms with E-state index in [1.54, 1.807) is 18.9 Å². The van der Waals surface area contributed by atoms with Gasteiger partial charge in [0.2, 0.25) is 5.91 Å². The number of amides is 1. The first-order valence-electron chi connectivity index (χ1n) is 8.82. The van der Waals surface area contributed by atoms with Crippen molar-refractivity contribution in [1.29, 1.82) is 0 Å². The number of hydrogen-bond donors (Lipinski definition) is 1. The van der Waals surface area contributed by atoms with Crippen LogP contribution in [0.3, 0.4) is 0 Å². The number of hydrogen-bond acceptors (Lipinski definition) is 4. The lowest BCUT2D eigenvalue weighted by Crippen LogP contribution is -2.44. The van der Waals surface area contributed by atoms with E-state index < -0.39 is 0 Å². The van der Waals surface area contributed by atoms with Crippen LogP contribution in [-0.2, 0) is 4.79 Å². The van der Waals surface area contributed by atoms with E-state index >= 15 is 0 Å². The molecule has 1 fully saturated rings. The highest BCUT2D eigenvalue weighted by Gasteiger charge is 2.23. The molecule has 0 unspecified atom stereocenters. The quantitative estimate of drug-likeness (QED) is 0.765. The number of carbonyl (C=O) groups excluding carboxylic acids is 1. The van der Waals surface area contributed by atoms with Crippen molar-refractivity contribution in [2.24, 2.45) is 5.92 Å². The monoisotopic (exact) mass is 350 g/mol. The first kappa shape index (κ1) is 19.1. The van der Waals surface area contributed by atoms with Gasteiger partial charge in [-0.15, -0.1) is 11.8 Å². The molecule has 1 N–H and O–H groups in total. The molecular formula is C19H30N2O2S. The van der Waals surface area contributed by atoms with Gasteiger partial charge in [-0.25, -0.2) is 0 Å². The third-order valence-corrected chi connectivity index (χ3v) is 5.70. The van der Waals surface area contributed by atoms with E-state index in [-0.39, 0.29) is 11.2 Å². The topological polar surface area (TPSA) is 41.6 Å². The second-order valence-electron chi connectivity index (χ2n) is 6.78. The molecule has 1 aromatic rings. The van der Waals surface area contributed by atoms with Gasteiger partial charge in [0, 0.05) is 24.0 Å². The number of ether oxygens (including phenoxy) is 1. The largest absolute Gasteiger partial charge is 0.497 e. The maximum atomic E-state index is 12.4. The summed E-state index contributed by atoms with van der Waals surface area (Å²) >= 11 is 1.58. The summed E-state index contributed by atoms with van der Waals surface area (Å²) in [6.45, 7) is 9.52. The normalized spacial score (nSPS) is 20.0. The molecule has 2 atom stereocenters. The minimum atomic E-state index is -0.0943. The lowest BCUT2D eigenvalue weighted by molar-refractivity contribution is -0.120. The van der Waals surface area contributed by atoms with E-state index in [1.807, 2.05) is 31.2 Å².